The lowest BCUT2D eigenvalue weighted by molar-refractivity contribution is 0.0952. The van der Waals surface area contributed by atoms with Crippen LogP contribution in [-0.4, -0.2) is 24.9 Å². The minimum Gasteiger partial charge on any atom is -0.352 e. The maximum Gasteiger partial charge on any atom is 0.251 e. The van der Waals surface area contributed by atoms with Crippen molar-refractivity contribution >= 4 is 27.7 Å². The third-order valence-electron chi connectivity index (χ3n) is 8.05. The van der Waals surface area contributed by atoms with Gasteiger partial charge in [-0.1, -0.05) is 171 Å². The second-order valence-electron chi connectivity index (χ2n) is 12.0. The van der Waals surface area contributed by atoms with Crippen molar-refractivity contribution < 1.29 is 9.59 Å². The van der Waals surface area contributed by atoms with Gasteiger partial charge in [-0.15, -0.1) is 0 Å². The Balaban J connectivity index is 2.11. The van der Waals surface area contributed by atoms with E-state index in [-0.39, 0.29) is 11.8 Å². The molecule has 0 spiro atoms. The van der Waals surface area contributed by atoms with Crippen LogP contribution in [0.2, 0.25) is 0 Å². The highest BCUT2D eigenvalue weighted by Gasteiger charge is 2.12. The maximum absolute atomic E-state index is 12.7. The topological polar surface area (TPSA) is 58.2 Å². The van der Waals surface area contributed by atoms with Gasteiger partial charge >= 0.3 is 0 Å². The summed E-state index contributed by atoms with van der Waals surface area (Å²) in [4.78, 5) is 25.4. The first-order chi connectivity index (χ1) is 20.1. The number of unbranched alkanes of at least 4 members (excludes halogenated alkanes) is 22. The lowest BCUT2D eigenvalue weighted by atomic mass is 10.1. The molecule has 0 unspecified atom stereocenters. The first kappa shape index (κ1) is 37.7. The van der Waals surface area contributed by atoms with Crippen molar-refractivity contribution in [3.8, 4) is 0 Å². The smallest absolute Gasteiger partial charge is 0.251 e. The van der Waals surface area contributed by atoms with E-state index in [0.717, 1.165) is 30.2 Å². The molecule has 41 heavy (non-hydrogen) atoms. The van der Waals surface area contributed by atoms with E-state index in [9.17, 15) is 9.59 Å². The van der Waals surface area contributed by atoms with E-state index in [2.05, 4.69) is 40.4 Å². The molecule has 0 heterocycles. The van der Waals surface area contributed by atoms with Gasteiger partial charge < -0.3 is 10.6 Å². The zero-order chi connectivity index (χ0) is 29.8. The fourth-order valence-corrected chi connectivity index (χ4v) is 5.89. The lowest BCUT2D eigenvalue weighted by Gasteiger charge is -2.09. The van der Waals surface area contributed by atoms with E-state index in [0.29, 0.717) is 24.2 Å². The van der Waals surface area contributed by atoms with Gasteiger partial charge in [-0.25, -0.2) is 0 Å². The maximum atomic E-state index is 12.7. The van der Waals surface area contributed by atoms with Gasteiger partial charge in [0.2, 0.25) is 0 Å². The van der Waals surface area contributed by atoms with Crippen LogP contribution in [0.1, 0.15) is 189 Å². The summed E-state index contributed by atoms with van der Waals surface area (Å²) < 4.78 is 0.756. The molecule has 2 N–H and O–H groups in total. The zero-order valence-corrected chi connectivity index (χ0v) is 28.4. The van der Waals surface area contributed by atoms with Gasteiger partial charge in [0.05, 0.1) is 0 Å². The average Bonchev–Trinajstić information content (AvgIpc) is 2.97. The number of carbonyl (C=O) groups is 2. The number of rotatable bonds is 28. The standard InChI is InChI=1S/C36H63BrN2O2/c1-3-5-7-9-11-13-15-17-19-21-23-25-27-38-35(40)32-29-33(31-34(37)30-32)36(41)39-28-26-24-22-20-18-16-14-12-10-8-6-4-2/h29-31H,3-28H2,1-2H3,(H,38,40)(H,39,41). The first-order valence-corrected chi connectivity index (χ1v) is 18.2. The normalized spacial score (nSPS) is 11.1. The summed E-state index contributed by atoms with van der Waals surface area (Å²) in [6.45, 7) is 5.90. The van der Waals surface area contributed by atoms with Crippen LogP contribution in [0, 0.1) is 0 Å². The summed E-state index contributed by atoms with van der Waals surface area (Å²) in [6, 6.07) is 5.29. The van der Waals surface area contributed by atoms with E-state index >= 15 is 0 Å². The Morgan fingerprint density at radius 3 is 1.02 bits per heavy atom. The fraction of sp³-hybridized carbons (Fsp3) is 0.778. The molecule has 0 radical (unpaired) electrons. The second kappa shape index (κ2) is 27.5. The van der Waals surface area contributed by atoms with E-state index in [1.165, 1.54) is 128 Å². The van der Waals surface area contributed by atoms with E-state index in [1.807, 2.05) is 0 Å². The molecule has 0 aliphatic heterocycles. The molecule has 0 saturated heterocycles. The van der Waals surface area contributed by atoms with Crippen molar-refractivity contribution in [2.24, 2.45) is 0 Å². The Hall–Kier alpha value is -1.36. The third-order valence-corrected chi connectivity index (χ3v) is 8.51. The molecule has 0 bridgehead atoms. The zero-order valence-electron chi connectivity index (χ0n) is 26.8. The Morgan fingerprint density at radius 2 is 0.732 bits per heavy atom. The SMILES string of the molecule is CCCCCCCCCCCCCCNC(=O)c1cc(Br)cc(C(=O)NCCCCCCCCCCCCCC)c1. The highest BCUT2D eigenvalue weighted by molar-refractivity contribution is 9.10. The monoisotopic (exact) mass is 634 g/mol. The number of benzene rings is 1. The van der Waals surface area contributed by atoms with Crippen molar-refractivity contribution in [2.75, 3.05) is 13.1 Å². The van der Waals surface area contributed by atoms with Crippen LogP contribution in [0.25, 0.3) is 0 Å². The summed E-state index contributed by atoms with van der Waals surface area (Å²) in [6.07, 6.45) is 31.3. The molecule has 0 aliphatic rings. The molecular weight excluding hydrogens is 572 g/mol. The molecule has 0 fully saturated rings. The fourth-order valence-electron chi connectivity index (χ4n) is 5.39. The molecule has 0 saturated carbocycles. The van der Waals surface area contributed by atoms with Gasteiger partial charge in [0.1, 0.15) is 0 Å². The lowest BCUT2D eigenvalue weighted by Crippen LogP contribution is -2.27. The summed E-state index contributed by atoms with van der Waals surface area (Å²) >= 11 is 3.48. The van der Waals surface area contributed by atoms with Gasteiger partial charge in [0.15, 0.2) is 0 Å². The summed E-state index contributed by atoms with van der Waals surface area (Å²) in [5.41, 5.74) is 1.07. The predicted octanol–water partition coefficient (Wildman–Crippen LogP) is 11.3. The number of nitrogens with one attached hydrogen (secondary N) is 2. The largest absolute Gasteiger partial charge is 0.352 e. The van der Waals surface area contributed by atoms with Crippen molar-refractivity contribution in [2.45, 2.75) is 168 Å². The first-order valence-electron chi connectivity index (χ1n) is 17.5. The van der Waals surface area contributed by atoms with Crippen molar-refractivity contribution in [3.05, 3.63) is 33.8 Å². The highest BCUT2D eigenvalue weighted by atomic mass is 79.9. The molecule has 0 aromatic heterocycles. The van der Waals surface area contributed by atoms with E-state index in [4.69, 9.17) is 0 Å². The van der Waals surface area contributed by atoms with Gasteiger partial charge in [-0.3, -0.25) is 9.59 Å². The van der Waals surface area contributed by atoms with Gasteiger partial charge in [0.25, 0.3) is 11.8 Å². The Kier molecular flexibility index (Phi) is 25.2. The van der Waals surface area contributed by atoms with Crippen LogP contribution >= 0.6 is 15.9 Å². The van der Waals surface area contributed by atoms with Gasteiger partial charge in [-0.2, -0.15) is 0 Å². The number of hydrogen-bond donors (Lipinski definition) is 2. The molecule has 0 aliphatic carbocycles. The Bertz CT molecular complexity index is 723. The van der Waals surface area contributed by atoms with Crippen molar-refractivity contribution in [3.63, 3.8) is 0 Å². The quantitative estimate of drug-likeness (QED) is 0.0900. The van der Waals surface area contributed by atoms with Crippen molar-refractivity contribution in [1.82, 2.24) is 10.6 Å². The number of hydrogen-bond acceptors (Lipinski definition) is 2. The molecule has 4 nitrogen and oxygen atoms in total. The molecule has 1 rings (SSSR count). The molecule has 2 amide bonds. The molecule has 1 aromatic carbocycles. The van der Waals surface area contributed by atoms with Crippen LogP contribution in [-0.2, 0) is 0 Å². The Labute approximate surface area is 262 Å². The van der Waals surface area contributed by atoms with Gasteiger partial charge in [-0.05, 0) is 31.0 Å². The summed E-state index contributed by atoms with van der Waals surface area (Å²) in [5, 5.41) is 6.06. The van der Waals surface area contributed by atoms with Crippen LogP contribution in [0.15, 0.2) is 22.7 Å². The van der Waals surface area contributed by atoms with Crippen LogP contribution in [0.5, 0.6) is 0 Å². The highest BCUT2D eigenvalue weighted by Crippen LogP contribution is 2.17. The number of amides is 2. The molecule has 1 aromatic rings. The van der Waals surface area contributed by atoms with E-state index < -0.39 is 0 Å². The average molecular weight is 636 g/mol. The number of halogens is 1. The van der Waals surface area contributed by atoms with Crippen LogP contribution in [0.4, 0.5) is 0 Å². The molecule has 5 heteroatoms. The minimum atomic E-state index is -0.107. The van der Waals surface area contributed by atoms with Gasteiger partial charge in [0, 0.05) is 28.7 Å². The molecule has 236 valence electrons. The number of carbonyl (C=O) groups excluding carboxylic acids is 2. The third kappa shape index (κ3) is 21.9. The predicted molar refractivity (Wildman–Crippen MR) is 181 cm³/mol. The van der Waals surface area contributed by atoms with E-state index in [1.54, 1.807) is 18.2 Å². The second-order valence-corrected chi connectivity index (χ2v) is 12.9. The summed E-state index contributed by atoms with van der Waals surface area (Å²) in [5.74, 6) is -0.214. The summed E-state index contributed by atoms with van der Waals surface area (Å²) in [7, 11) is 0. The van der Waals surface area contributed by atoms with Crippen molar-refractivity contribution in [1.29, 1.82) is 0 Å². The molecule has 0 atom stereocenters. The van der Waals surface area contributed by atoms with Crippen LogP contribution < -0.4 is 10.6 Å². The van der Waals surface area contributed by atoms with Crippen LogP contribution in [0.3, 0.4) is 0 Å². The minimum absolute atomic E-state index is 0.107. The molecular formula is C36H63BrN2O2. The Morgan fingerprint density at radius 1 is 0.463 bits per heavy atom.